The molecule has 1 aliphatic heterocycles. The molecule has 0 radical (unpaired) electrons. The summed E-state index contributed by atoms with van der Waals surface area (Å²) in [5.41, 5.74) is 2.17. The van der Waals surface area contributed by atoms with Gasteiger partial charge in [0.25, 0.3) is 0 Å². The van der Waals surface area contributed by atoms with Gasteiger partial charge in [-0.1, -0.05) is 23.7 Å². The summed E-state index contributed by atoms with van der Waals surface area (Å²) in [6.07, 6.45) is 0.187. The van der Waals surface area contributed by atoms with Crippen LogP contribution in [0.5, 0.6) is 17.2 Å². The molecule has 0 spiro atoms. The first kappa shape index (κ1) is 24.8. The minimum atomic E-state index is -0.299. The number of nitrogens with one attached hydrogen (secondary N) is 1. The van der Waals surface area contributed by atoms with Crippen LogP contribution >= 0.6 is 23.4 Å². The van der Waals surface area contributed by atoms with Crippen LogP contribution in [-0.4, -0.2) is 39.7 Å². The highest BCUT2D eigenvalue weighted by molar-refractivity contribution is 7.99. The molecule has 0 bridgehead atoms. The first-order chi connectivity index (χ1) is 16.9. The molecule has 35 heavy (non-hydrogen) atoms. The third kappa shape index (κ3) is 5.49. The predicted molar refractivity (Wildman–Crippen MR) is 138 cm³/mol. The number of methoxy groups -OCH3 is 3. The first-order valence-electron chi connectivity index (χ1n) is 10.8. The lowest BCUT2D eigenvalue weighted by Gasteiger charge is -2.22. The molecular weight excluding hydrogens is 488 g/mol. The Hall–Kier alpha value is -3.36. The van der Waals surface area contributed by atoms with Gasteiger partial charge in [-0.15, -0.1) is 11.8 Å². The topological polar surface area (TPSA) is 77.1 Å². The zero-order valence-electron chi connectivity index (χ0n) is 19.5. The molecule has 0 fully saturated rings. The van der Waals surface area contributed by atoms with Crippen molar-refractivity contribution < 1.29 is 23.8 Å². The van der Waals surface area contributed by atoms with E-state index in [9.17, 15) is 9.59 Å². The molecule has 2 amide bonds. The number of carbonyl (C=O) groups excluding carboxylic acids is 2. The van der Waals surface area contributed by atoms with Crippen molar-refractivity contribution in [2.45, 2.75) is 16.6 Å². The van der Waals surface area contributed by atoms with Crippen LogP contribution in [-0.2, 0) is 9.59 Å². The molecule has 0 unspecified atom stereocenters. The summed E-state index contributed by atoms with van der Waals surface area (Å²) in [6, 6.07) is 18.1. The fraction of sp³-hybridized carbons (Fsp3) is 0.231. The Morgan fingerprint density at radius 3 is 2.31 bits per heavy atom. The number of hydrogen-bond acceptors (Lipinski definition) is 6. The van der Waals surface area contributed by atoms with Gasteiger partial charge in [-0.25, -0.2) is 0 Å². The Bertz CT molecular complexity index is 1210. The first-order valence-corrected chi connectivity index (χ1v) is 12.1. The molecule has 3 aromatic carbocycles. The van der Waals surface area contributed by atoms with Gasteiger partial charge in [-0.05, 0) is 54.1 Å². The highest BCUT2D eigenvalue weighted by Gasteiger charge is 2.31. The quantitative estimate of drug-likeness (QED) is 0.445. The number of para-hydroxylation sites is 1. The lowest BCUT2D eigenvalue weighted by atomic mass is 10.1. The monoisotopic (exact) mass is 512 g/mol. The number of rotatable bonds is 7. The largest absolute Gasteiger partial charge is 0.493 e. The molecule has 0 saturated heterocycles. The second-order valence-corrected chi connectivity index (χ2v) is 9.45. The molecule has 1 heterocycles. The fourth-order valence-electron chi connectivity index (χ4n) is 3.90. The number of amides is 2. The van der Waals surface area contributed by atoms with Crippen LogP contribution in [0.15, 0.2) is 65.6 Å². The number of carbonyl (C=O) groups is 2. The number of halogens is 1. The van der Waals surface area contributed by atoms with Gasteiger partial charge in [-0.3, -0.25) is 9.59 Å². The van der Waals surface area contributed by atoms with E-state index in [1.54, 1.807) is 57.4 Å². The van der Waals surface area contributed by atoms with Gasteiger partial charge < -0.3 is 24.4 Å². The molecule has 1 aliphatic rings. The highest BCUT2D eigenvalue weighted by Crippen LogP contribution is 2.49. The summed E-state index contributed by atoms with van der Waals surface area (Å²) in [4.78, 5) is 28.7. The normalized spacial score (nSPS) is 15.1. The van der Waals surface area contributed by atoms with Crippen molar-refractivity contribution in [3.05, 3.63) is 71.2 Å². The number of nitrogens with zero attached hydrogens (tertiary/aromatic N) is 1. The molecule has 7 nitrogen and oxygen atoms in total. The SMILES string of the molecule is COc1cc([C@@H]2CC(=O)N(CC(=O)Nc3ccc(Cl)cc3)c3ccccc3S2)cc(OC)c1OC. The molecule has 1 atom stereocenters. The average Bonchev–Trinajstić information content (AvgIpc) is 3.00. The van der Waals surface area contributed by atoms with Crippen LogP contribution in [0.4, 0.5) is 11.4 Å². The number of hydrogen-bond donors (Lipinski definition) is 1. The van der Waals surface area contributed by atoms with E-state index < -0.39 is 0 Å². The molecule has 3 aromatic rings. The molecule has 0 aromatic heterocycles. The standard InChI is InChI=1S/C26H25ClN2O5S/c1-32-20-12-16(13-21(33-2)26(20)34-3)23-14-25(31)29(19-6-4-5-7-22(19)35-23)15-24(30)28-18-10-8-17(27)9-11-18/h4-13,23H,14-15H2,1-3H3,(H,28,30)/t23-/m0/s1. The minimum absolute atomic E-state index is 0.110. The Morgan fingerprint density at radius 2 is 1.69 bits per heavy atom. The van der Waals surface area contributed by atoms with Crippen molar-refractivity contribution in [2.75, 3.05) is 38.1 Å². The minimum Gasteiger partial charge on any atom is -0.493 e. The van der Waals surface area contributed by atoms with Crippen LogP contribution in [0.25, 0.3) is 0 Å². The summed E-state index contributed by atoms with van der Waals surface area (Å²) >= 11 is 7.49. The van der Waals surface area contributed by atoms with Crippen molar-refractivity contribution >= 4 is 46.6 Å². The second-order valence-electron chi connectivity index (χ2n) is 7.77. The number of anilines is 2. The zero-order valence-corrected chi connectivity index (χ0v) is 21.1. The van der Waals surface area contributed by atoms with Crippen molar-refractivity contribution in [1.29, 1.82) is 0 Å². The molecule has 0 aliphatic carbocycles. The maximum absolute atomic E-state index is 13.5. The van der Waals surface area contributed by atoms with Gasteiger partial charge in [0.1, 0.15) is 6.54 Å². The Labute approximate surface area is 213 Å². The lowest BCUT2D eigenvalue weighted by Crippen LogP contribution is -2.38. The number of ether oxygens (including phenoxy) is 3. The molecule has 182 valence electrons. The average molecular weight is 513 g/mol. The third-order valence-electron chi connectivity index (χ3n) is 5.57. The van der Waals surface area contributed by atoms with Gasteiger partial charge in [0.15, 0.2) is 11.5 Å². The van der Waals surface area contributed by atoms with Crippen molar-refractivity contribution in [1.82, 2.24) is 0 Å². The maximum atomic E-state index is 13.5. The van der Waals surface area contributed by atoms with Crippen LogP contribution in [0.1, 0.15) is 17.2 Å². The van der Waals surface area contributed by atoms with E-state index in [0.717, 1.165) is 10.5 Å². The summed E-state index contributed by atoms with van der Waals surface area (Å²) in [5, 5.41) is 3.19. The highest BCUT2D eigenvalue weighted by atomic mass is 35.5. The fourth-order valence-corrected chi connectivity index (χ4v) is 5.29. The van der Waals surface area contributed by atoms with Gasteiger partial charge in [0, 0.05) is 27.3 Å². The van der Waals surface area contributed by atoms with Crippen molar-refractivity contribution in [2.24, 2.45) is 0 Å². The van der Waals surface area contributed by atoms with E-state index in [1.165, 1.54) is 4.90 Å². The number of fused-ring (bicyclic) bond motifs is 1. The molecule has 0 saturated carbocycles. The van der Waals surface area contributed by atoms with E-state index in [2.05, 4.69) is 5.32 Å². The molecule has 1 N–H and O–H groups in total. The number of benzene rings is 3. The van der Waals surface area contributed by atoms with Gasteiger partial charge in [-0.2, -0.15) is 0 Å². The third-order valence-corrected chi connectivity index (χ3v) is 7.15. The van der Waals surface area contributed by atoms with Gasteiger partial charge in [0.05, 0.1) is 27.0 Å². The number of thioether (sulfide) groups is 1. The van der Waals surface area contributed by atoms with E-state index in [0.29, 0.717) is 33.6 Å². The van der Waals surface area contributed by atoms with Crippen molar-refractivity contribution in [3.63, 3.8) is 0 Å². The summed E-state index contributed by atoms with van der Waals surface area (Å²) < 4.78 is 16.4. The van der Waals surface area contributed by atoms with Crippen molar-refractivity contribution in [3.8, 4) is 17.2 Å². The van der Waals surface area contributed by atoms with Crippen LogP contribution in [0, 0.1) is 0 Å². The van der Waals surface area contributed by atoms with E-state index in [-0.39, 0.29) is 30.0 Å². The van der Waals surface area contributed by atoms with Crippen LogP contribution in [0.3, 0.4) is 0 Å². The Morgan fingerprint density at radius 1 is 1.03 bits per heavy atom. The summed E-state index contributed by atoms with van der Waals surface area (Å²) in [6.45, 7) is -0.110. The smallest absolute Gasteiger partial charge is 0.244 e. The van der Waals surface area contributed by atoms with E-state index in [4.69, 9.17) is 25.8 Å². The molecule has 4 rings (SSSR count). The summed E-state index contributed by atoms with van der Waals surface area (Å²) in [5.74, 6) is 1.07. The predicted octanol–water partition coefficient (Wildman–Crippen LogP) is 5.57. The second kappa shape index (κ2) is 10.9. The zero-order chi connectivity index (χ0) is 24.9. The van der Waals surface area contributed by atoms with Crippen LogP contribution in [0.2, 0.25) is 5.02 Å². The van der Waals surface area contributed by atoms with E-state index in [1.807, 2.05) is 36.4 Å². The molecular formula is C26H25ClN2O5S. The lowest BCUT2D eigenvalue weighted by molar-refractivity contribution is -0.121. The van der Waals surface area contributed by atoms with E-state index >= 15 is 0 Å². The maximum Gasteiger partial charge on any atom is 0.244 e. The van der Waals surface area contributed by atoms with Crippen LogP contribution < -0.4 is 24.4 Å². The Balaban J connectivity index is 1.63. The van der Waals surface area contributed by atoms with Gasteiger partial charge in [0.2, 0.25) is 17.6 Å². The van der Waals surface area contributed by atoms with Gasteiger partial charge >= 0.3 is 0 Å². The molecule has 9 heteroatoms. The Kier molecular flexibility index (Phi) is 7.73. The summed E-state index contributed by atoms with van der Waals surface area (Å²) in [7, 11) is 4.67.